The van der Waals surface area contributed by atoms with E-state index in [1.807, 2.05) is 30.3 Å². The van der Waals surface area contributed by atoms with Crippen LogP contribution in [0.2, 0.25) is 0 Å². The molecular weight excluding hydrogens is 320 g/mol. The van der Waals surface area contributed by atoms with Gasteiger partial charge in [0.15, 0.2) is 0 Å². The summed E-state index contributed by atoms with van der Waals surface area (Å²) in [5.74, 6) is -0.357. The molecule has 1 aromatic carbocycles. The molecule has 2 rings (SSSR count). The number of carbonyl (C=O) groups excluding carboxylic acids is 1. The molecule has 1 heterocycles. The average Bonchev–Trinajstić information content (AvgIpc) is 2.89. The molecule has 0 bridgehead atoms. The van der Waals surface area contributed by atoms with Crippen LogP contribution in [0, 0.1) is 0 Å². The number of nitrogens with zero attached hydrogens (tertiary/aromatic N) is 1. The first-order chi connectivity index (χ1) is 10.5. The van der Waals surface area contributed by atoms with Crippen molar-refractivity contribution in [2.24, 2.45) is 0 Å². The van der Waals surface area contributed by atoms with E-state index < -0.39 is 5.97 Å². The fourth-order valence-corrected chi connectivity index (χ4v) is 3.82. The number of thioether (sulfide) groups is 1. The largest absolute Gasteiger partial charge is 0.478 e. The van der Waals surface area contributed by atoms with Crippen LogP contribution in [-0.2, 0) is 5.75 Å². The third-order valence-electron chi connectivity index (χ3n) is 2.83. The molecule has 0 fully saturated rings. The van der Waals surface area contributed by atoms with Gasteiger partial charge in [-0.15, -0.1) is 23.1 Å². The number of nitrogens with one attached hydrogen (secondary N) is 1. The number of hydrogen-bond donors (Lipinski definition) is 2. The summed E-state index contributed by atoms with van der Waals surface area (Å²) in [5, 5.41) is 14.2. The smallest absolute Gasteiger partial charge is 0.339 e. The van der Waals surface area contributed by atoms with Gasteiger partial charge in [0.25, 0.3) is 0 Å². The minimum absolute atomic E-state index is 0.154. The Balaban J connectivity index is 2.16. The predicted molar refractivity (Wildman–Crippen MR) is 90.0 cm³/mol. The van der Waals surface area contributed by atoms with Crippen molar-refractivity contribution in [1.82, 2.24) is 4.90 Å². The lowest BCUT2D eigenvalue weighted by Crippen LogP contribution is -2.27. The maximum absolute atomic E-state index is 11.7. The summed E-state index contributed by atoms with van der Waals surface area (Å²) < 4.78 is 0. The van der Waals surface area contributed by atoms with Crippen molar-refractivity contribution in [3.63, 3.8) is 0 Å². The molecule has 0 saturated carbocycles. The highest BCUT2D eigenvalue weighted by Crippen LogP contribution is 2.36. The van der Waals surface area contributed by atoms with Crippen molar-refractivity contribution >= 4 is 40.1 Å². The van der Waals surface area contributed by atoms with Gasteiger partial charge < -0.3 is 10.0 Å². The molecule has 0 aliphatic rings. The van der Waals surface area contributed by atoms with Crippen molar-refractivity contribution in [2.45, 2.75) is 10.6 Å². The van der Waals surface area contributed by atoms with Gasteiger partial charge in [0.1, 0.15) is 10.6 Å². The van der Waals surface area contributed by atoms with E-state index >= 15 is 0 Å². The summed E-state index contributed by atoms with van der Waals surface area (Å²) in [6, 6.07) is 9.48. The minimum Gasteiger partial charge on any atom is -0.478 e. The van der Waals surface area contributed by atoms with Crippen LogP contribution >= 0.6 is 23.1 Å². The van der Waals surface area contributed by atoms with Crippen LogP contribution < -0.4 is 5.32 Å². The lowest BCUT2D eigenvalue weighted by atomic mass is 10.2. The molecule has 0 radical (unpaired) electrons. The number of amides is 2. The Morgan fingerprint density at radius 2 is 1.95 bits per heavy atom. The van der Waals surface area contributed by atoms with Gasteiger partial charge in [-0.1, -0.05) is 30.3 Å². The van der Waals surface area contributed by atoms with E-state index in [2.05, 4.69) is 5.32 Å². The zero-order chi connectivity index (χ0) is 16.1. The molecule has 0 spiro atoms. The quantitative estimate of drug-likeness (QED) is 0.814. The summed E-state index contributed by atoms with van der Waals surface area (Å²) in [5.41, 5.74) is 1.27. The second-order valence-corrected chi connectivity index (χ2v) is 6.60. The van der Waals surface area contributed by atoms with E-state index in [1.54, 1.807) is 19.5 Å². The number of hydrogen-bond acceptors (Lipinski definition) is 4. The summed E-state index contributed by atoms with van der Waals surface area (Å²) in [4.78, 5) is 25.2. The van der Waals surface area contributed by atoms with Crippen molar-refractivity contribution in [2.75, 3.05) is 19.4 Å². The Labute approximate surface area is 137 Å². The SMILES string of the molecule is CN(C)C(=O)Nc1scc(SCc2ccccc2)c1C(=O)O. The minimum atomic E-state index is -1.04. The number of carboxylic acid groups (broad SMARTS) is 1. The Hall–Kier alpha value is -1.99. The highest BCUT2D eigenvalue weighted by Gasteiger charge is 2.20. The molecule has 2 amide bonds. The van der Waals surface area contributed by atoms with Crippen molar-refractivity contribution in [3.8, 4) is 0 Å². The number of thiophene rings is 1. The molecule has 0 unspecified atom stereocenters. The molecule has 2 aromatic rings. The van der Waals surface area contributed by atoms with Gasteiger partial charge in [-0.25, -0.2) is 9.59 Å². The van der Waals surface area contributed by atoms with Gasteiger partial charge in [0.2, 0.25) is 0 Å². The maximum atomic E-state index is 11.7. The maximum Gasteiger partial charge on any atom is 0.339 e. The number of benzene rings is 1. The standard InChI is InChI=1S/C15H16N2O3S2/c1-17(2)15(20)16-13-12(14(18)19)11(9-22-13)21-8-10-6-4-3-5-7-10/h3-7,9H,8H2,1-2H3,(H,16,20)(H,18,19). The van der Waals surface area contributed by atoms with E-state index in [0.29, 0.717) is 15.6 Å². The van der Waals surface area contributed by atoms with E-state index in [0.717, 1.165) is 5.56 Å². The summed E-state index contributed by atoms with van der Waals surface area (Å²) in [6.07, 6.45) is 0. The highest BCUT2D eigenvalue weighted by atomic mass is 32.2. The van der Waals surface area contributed by atoms with E-state index in [-0.39, 0.29) is 11.6 Å². The number of urea groups is 1. The Bertz CT molecular complexity index is 669. The second kappa shape index (κ2) is 7.33. The molecule has 7 heteroatoms. The number of carbonyl (C=O) groups is 2. The molecule has 116 valence electrons. The highest BCUT2D eigenvalue weighted by molar-refractivity contribution is 7.98. The average molecular weight is 336 g/mol. The molecule has 1 aromatic heterocycles. The predicted octanol–water partition coefficient (Wildman–Crippen LogP) is 3.83. The molecule has 5 nitrogen and oxygen atoms in total. The number of anilines is 1. The Morgan fingerprint density at radius 1 is 1.27 bits per heavy atom. The van der Waals surface area contributed by atoms with Crippen LogP contribution in [0.1, 0.15) is 15.9 Å². The monoisotopic (exact) mass is 336 g/mol. The fraction of sp³-hybridized carbons (Fsp3) is 0.200. The van der Waals surface area contributed by atoms with Crippen LogP contribution in [0.25, 0.3) is 0 Å². The molecule has 0 aliphatic carbocycles. The first kappa shape index (κ1) is 16.4. The van der Waals surface area contributed by atoms with Crippen molar-refractivity contribution in [1.29, 1.82) is 0 Å². The van der Waals surface area contributed by atoms with Crippen LogP contribution in [0.4, 0.5) is 9.80 Å². The molecule has 0 aliphatic heterocycles. The van der Waals surface area contributed by atoms with Gasteiger partial charge >= 0.3 is 12.0 Å². The zero-order valence-electron chi connectivity index (χ0n) is 12.2. The number of aromatic carboxylic acids is 1. The van der Waals surface area contributed by atoms with E-state index in [9.17, 15) is 14.7 Å². The van der Waals surface area contributed by atoms with Crippen LogP contribution in [0.3, 0.4) is 0 Å². The van der Waals surface area contributed by atoms with E-state index in [4.69, 9.17) is 0 Å². The van der Waals surface area contributed by atoms with Crippen molar-refractivity contribution < 1.29 is 14.7 Å². The van der Waals surface area contributed by atoms with Gasteiger partial charge in [-0.05, 0) is 5.56 Å². The van der Waals surface area contributed by atoms with Gasteiger partial charge in [0.05, 0.1) is 0 Å². The van der Waals surface area contributed by atoms with Gasteiger partial charge in [0, 0.05) is 30.1 Å². The lowest BCUT2D eigenvalue weighted by molar-refractivity contribution is 0.0695. The van der Waals surface area contributed by atoms with Gasteiger partial charge in [-0.2, -0.15) is 0 Å². The Kier molecular flexibility index (Phi) is 5.46. The third kappa shape index (κ3) is 4.02. The van der Waals surface area contributed by atoms with E-state index in [1.165, 1.54) is 28.0 Å². The topological polar surface area (TPSA) is 69.6 Å². The normalized spacial score (nSPS) is 10.3. The molecule has 0 saturated heterocycles. The summed E-state index contributed by atoms with van der Waals surface area (Å²) in [7, 11) is 3.21. The van der Waals surface area contributed by atoms with Crippen LogP contribution in [0.15, 0.2) is 40.6 Å². The second-order valence-electron chi connectivity index (χ2n) is 4.71. The fourth-order valence-electron chi connectivity index (χ4n) is 1.69. The number of rotatable bonds is 5. The van der Waals surface area contributed by atoms with Crippen molar-refractivity contribution in [3.05, 3.63) is 46.8 Å². The van der Waals surface area contributed by atoms with Crippen LogP contribution in [-0.4, -0.2) is 36.1 Å². The number of carboxylic acids is 1. The molecular formula is C15H16N2O3S2. The summed E-state index contributed by atoms with van der Waals surface area (Å²) in [6.45, 7) is 0. The third-order valence-corrected chi connectivity index (χ3v) is 4.99. The molecule has 22 heavy (non-hydrogen) atoms. The lowest BCUT2D eigenvalue weighted by Gasteiger charge is -2.11. The summed E-state index contributed by atoms with van der Waals surface area (Å²) >= 11 is 2.67. The molecule has 2 N–H and O–H groups in total. The zero-order valence-corrected chi connectivity index (χ0v) is 13.8. The van der Waals surface area contributed by atoms with Gasteiger partial charge in [-0.3, -0.25) is 5.32 Å². The molecule has 0 atom stereocenters. The Morgan fingerprint density at radius 3 is 2.55 bits per heavy atom. The first-order valence-corrected chi connectivity index (χ1v) is 8.35. The van der Waals surface area contributed by atoms with Crippen LogP contribution in [0.5, 0.6) is 0 Å². The first-order valence-electron chi connectivity index (χ1n) is 6.49.